The SMILES string of the molecule is Cc1cc(NC(=O)Cn2c(C)nc3ccc(O)cc3c2=O)n([C@H]2CCS(=O)(=O)C2)n1. The Labute approximate surface area is 172 Å². The van der Waals surface area contributed by atoms with Crippen LogP contribution in [0, 0.1) is 13.8 Å². The molecule has 158 valence electrons. The Kier molecular flexibility index (Phi) is 4.85. The number of rotatable bonds is 4. The van der Waals surface area contributed by atoms with Gasteiger partial charge >= 0.3 is 0 Å². The predicted octanol–water partition coefficient (Wildman–Crippen LogP) is 0.914. The summed E-state index contributed by atoms with van der Waals surface area (Å²) in [6.07, 6.45) is 0.434. The highest BCUT2D eigenvalue weighted by Gasteiger charge is 2.31. The number of sulfone groups is 1. The third-order valence-corrected chi connectivity index (χ3v) is 6.86. The van der Waals surface area contributed by atoms with Gasteiger partial charge in [0, 0.05) is 6.07 Å². The van der Waals surface area contributed by atoms with E-state index >= 15 is 0 Å². The standard InChI is InChI=1S/C19H21N5O5S/c1-11-7-17(24(22-11)13-5-6-30(28,29)10-13)21-18(26)9-23-12(2)20-16-4-3-14(25)8-15(16)19(23)27/h3-4,7-8,13,25H,5-6,9-10H2,1-2H3,(H,21,26)/t13-/m0/s1. The molecule has 10 nitrogen and oxygen atoms in total. The van der Waals surface area contributed by atoms with Crippen LogP contribution in [0.1, 0.15) is 24.0 Å². The maximum atomic E-state index is 12.8. The van der Waals surface area contributed by atoms with Crippen LogP contribution in [-0.4, -0.2) is 50.3 Å². The molecular weight excluding hydrogens is 410 g/mol. The normalized spacial score (nSPS) is 18.0. The number of benzene rings is 1. The number of phenolic OH excluding ortho intramolecular Hbond substituents is 1. The van der Waals surface area contributed by atoms with Gasteiger partial charge in [-0.3, -0.25) is 14.2 Å². The number of fused-ring (bicyclic) bond motifs is 1. The number of aromatic nitrogens is 4. The molecule has 0 bridgehead atoms. The van der Waals surface area contributed by atoms with Gasteiger partial charge in [-0.2, -0.15) is 5.10 Å². The zero-order chi connectivity index (χ0) is 21.6. The number of phenols is 1. The van der Waals surface area contributed by atoms with Crippen molar-refractivity contribution in [1.29, 1.82) is 0 Å². The highest BCUT2D eigenvalue weighted by Crippen LogP contribution is 2.27. The second-order valence-corrected chi connectivity index (χ2v) is 9.70. The number of hydrogen-bond donors (Lipinski definition) is 2. The van der Waals surface area contributed by atoms with E-state index in [0.29, 0.717) is 29.3 Å². The molecule has 1 amide bonds. The molecule has 3 aromatic rings. The first kappa shape index (κ1) is 20.1. The fourth-order valence-electron chi connectivity index (χ4n) is 3.69. The molecule has 30 heavy (non-hydrogen) atoms. The molecule has 0 radical (unpaired) electrons. The Balaban J connectivity index is 1.60. The fourth-order valence-corrected chi connectivity index (χ4v) is 5.38. The molecular formula is C19H21N5O5S. The molecule has 1 fully saturated rings. The van der Waals surface area contributed by atoms with Crippen molar-refractivity contribution in [3.8, 4) is 5.75 Å². The minimum atomic E-state index is -3.11. The van der Waals surface area contributed by atoms with E-state index in [1.807, 2.05) is 0 Å². The lowest BCUT2D eigenvalue weighted by Gasteiger charge is -2.15. The van der Waals surface area contributed by atoms with Crippen LogP contribution in [0.4, 0.5) is 5.82 Å². The van der Waals surface area contributed by atoms with E-state index in [4.69, 9.17) is 0 Å². The van der Waals surface area contributed by atoms with E-state index in [-0.39, 0.29) is 35.2 Å². The van der Waals surface area contributed by atoms with Crippen molar-refractivity contribution in [2.45, 2.75) is 32.9 Å². The minimum Gasteiger partial charge on any atom is -0.508 e. The summed E-state index contributed by atoms with van der Waals surface area (Å²) in [5.41, 5.74) is 0.643. The highest BCUT2D eigenvalue weighted by atomic mass is 32.2. The maximum Gasteiger partial charge on any atom is 0.261 e. The number of aryl methyl sites for hydroxylation is 2. The molecule has 0 aliphatic carbocycles. The van der Waals surface area contributed by atoms with E-state index in [1.54, 1.807) is 26.0 Å². The first-order chi connectivity index (χ1) is 14.1. The number of nitrogens with one attached hydrogen (secondary N) is 1. The van der Waals surface area contributed by atoms with Crippen molar-refractivity contribution >= 4 is 32.5 Å². The highest BCUT2D eigenvalue weighted by molar-refractivity contribution is 7.91. The third-order valence-electron chi connectivity index (χ3n) is 5.11. The van der Waals surface area contributed by atoms with Crippen molar-refractivity contribution < 1.29 is 18.3 Å². The zero-order valence-electron chi connectivity index (χ0n) is 16.5. The van der Waals surface area contributed by atoms with Crippen LogP contribution in [0.5, 0.6) is 5.75 Å². The number of aromatic hydroxyl groups is 1. The Bertz CT molecular complexity index is 1330. The van der Waals surface area contributed by atoms with Crippen molar-refractivity contribution in [1.82, 2.24) is 19.3 Å². The Morgan fingerprint density at radius 1 is 1.30 bits per heavy atom. The smallest absolute Gasteiger partial charge is 0.261 e. The fraction of sp³-hybridized carbons (Fsp3) is 0.368. The number of anilines is 1. The molecule has 0 saturated carbocycles. The monoisotopic (exact) mass is 431 g/mol. The van der Waals surface area contributed by atoms with Crippen LogP contribution in [-0.2, 0) is 21.2 Å². The van der Waals surface area contributed by atoms with Crippen LogP contribution >= 0.6 is 0 Å². The molecule has 2 N–H and O–H groups in total. The van der Waals surface area contributed by atoms with E-state index < -0.39 is 21.3 Å². The topological polar surface area (TPSA) is 136 Å². The summed E-state index contributed by atoms with van der Waals surface area (Å²) in [7, 11) is -3.11. The van der Waals surface area contributed by atoms with Crippen LogP contribution in [0.25, 0.3) is 10.9 Å². The lowest BCUT2D eigenvalue weighted by Crippen LogP contribution is -2.31. The summed E-state index contributed by atoms with van der Waals surface area (Å²) in [5, 5.41) is 16.9. The summed E-state index contributed by atoms with van der Waals surface area (Å²) < 4.78 is 26.4. The van der Waals surface area contributed by atoms with Crippen LogP contribution in [0.3, 0.4) is 0 Å². The minimum absolute atomic E-state index is 0.0202. The molecule has 1 aliphatic heterocycles. The predicted molar refractivity (Wildman–Crippen MR) is 110 cm³/mol. The van der Waals surface area contributed by atoms with E-state index in [1.165, 1.54) is 21.4 Å². The van der Waals surface area contributed by atoms with E-state index in [2.05, 4.69) is 15.4 Å². The van der Waals surface area contributed by atoms with Gasteiger partial charge < -0.3 is 10.4 Å². The molecule has 1 aliphatic rings. The van der Waals surface area contributed by atoms with Gasteiger partial charge in [0.25, 0.3) is 5.56 Å². The van der Waals surface area contributed by atoms with Crippen LogP contribution in [0.2, 0.25) is 0 Å². The Morgan fingerprint density at radius 3 is 2.77 bits per heavy atom. The first-order valence-corrected chi connectivity index (χ1v) is 11.2. The van der Waals surface area contributed by atoms with Gasteiger partial charge in [-0.05, 0) is 38.5 Å². The van der Waals surface area contributed by atoms with Gasteiger partial charge in [-0.1, -0.05) is 0 Å². The molecule has 1 aromatic carbocycles. The summed E-state index contributed by atoms with van der Waals surface area (Å²) in [6.45, 7) is 3.10. The average Bonchev–Trinajstić information content (AvgIpc) is 3.20. The van der Waals surface area contributed by atoms with Gasteiger partial charge in [0.05, 0.1) is 34.1 Å². The third kappa shape index (κ3) is 3.80. The molecule has 0 spiro atoms. The maximum absolute atomic E-state index is 12.8. The van der Waals surface area contributed by atoms with Gasteiger partial charge in [-0.15, -0.1) is 0 Å². The molecule has 11 heteroatoms. The lowest BCUT2D eigenvalue weighted by atomic mass is 10.2. The molecule has 0 unspecified atom stereocenters. The van der Waals surface area contributed by atoms with E-state index in [0.717, 1.165) is 0 Å². The molecule has 1 saturated heterocycles. The quantitative estimate of drug-likeness (QED) is 0.627. The second-order valence-electron chi connectivity index (χ2n) is 7.47. The van der Waals surface area contributed by atoms with Gasteiger partial charge in [0.15, 0.2) is 9.84 Å². The molecule has 3 heterocycles. The Morgan fingerprint density at radius 2 is 2.07 bits per heavy atom. The number of carbonyl (C=O) groups excluding carboxylic acids is 1. The molecule has 1 atom stereocenters. The van der Waals surface area contributed by atoms with Gasteiger partial charge in [-0.25, -0.2) is 18.1 Å². The first-order valence-electron chi connectivity index (χ1n) is 9.39. The van der Waals surface area contributed by atoms with Crippen molar-refractivity contribution in [2.24, 2.45) is 0 Å². The summed E-state index contributed by atoms with van der Waals surface area (Å²) in [4.78, 5) is 29.8. The largest absolute Gasteiger partial charge is 0.508 e. The van der Waals surface area contributed by atoms with Crippen molar-refractivity contribution in [3.05, 3.63) is 46.1 Å². The van der Waals surface area contributed by atoms with Crippen molar-refractivity contribution in [3.63, 3.8) is 0 Å². The zero-order valence-corrected chi connectivity index (χ0v) is 17.3. The second kappa shape index (κ2) is 7.24. The summed E-state index contributed by atoms with van der Waals surface area (Å²) in [6, 6.07) is 5.62. The van der Waals surface area contributed by atoms with Crippen LogP contribution in [0.15, 0.2) is 29.1 Å². The summed E-state index contributed by atoms with van der Waals surface area (Å²) >= 11 is 0. The Hall–Kier alpha value is -3.21. The van der Waals surface area contributed by atoms with Gasteiger partial charge in [0.2, 0.25) is 5.91 Å². The van der Waals surface area contributed by atoms with Gasteiger partial charge in [0.1, 0.15) is 23.9 Å². The summed E-state index contributed by atoms with van der Waals surface area (Å²) in [5.74, 6) is 0.286. The van der Waals surface area contributed by atoms with Crippen molar-refractivity contribution in [2.75, 3.05) is 16.8 Å². The average molecular weight is 431 g/mol. The lowest BCUT2D eigenvalue weighted by molar-refractivity contribution is -0.116. The van der Waals surface area contributed by atoms with E-state index in [9.17, 15) is 23.1 Å². The number of nitrogens with zero attached hydrogens (tertiary/aromatic N) is 4. The molecule has 4 rings (SSSR count). The number of hydrogen-bond acceptors (Lipinski definition) is 7. The number of carbonyl (C=O) groups is 1. The number of amides is 1. The molecule has 2 aromatic heterocycles. The van der Waals surface area contributed by atoms with Crippen LogP contribution < -0.4 is 10.9 Å².